The second-order valence-electron chi connectivity index (χ2n) is 6.53. The molecule has 0 aliphatic heterocycles. The van der Waals surface area contributed by atoms with Crippen LogP contribution in [0.4, 0.5) is 11.4 Å². The topological polar surface area (TPSA) is 39.3 Å². The lowest BCUT2D eigenvalue weighted by Gasteiger charge is -2.31. The van der Waals surface area contributed by atoms with Crippen LogP contribution in [0.3, 0.4) is 0 Å². The predicted octanol–water partition coefficient (Wildman–Crippen LogP) is 5.04. The molecule has 29 heavy (non-hydrogen) atoms. The first-order valence-electron chi connectivity index (χ1n) is 9.37. The van der Waals surface area contributed by atoms with E-state index in [2.05, 4.69) is 33.0 Å². The highest BCUT2D eigenvalue weighted by molar-refractivity contribution is 7.80. The highest BCUT2D eigenvalue weighted by atomic mass is 32.1. The minimum atomic E-state index is 0.00966. The van der Waals surface area contributed by atoms with Crippen molar-refractivity contribution in [3.05, 3.63) is 96.6 Å². The molecule has 0 aliphatic rings. The number of hydrogen-bond acceptors (Lipinski definition) is 2. The first-order chi connectivity index (χ1) is 14.1. The van der Waals surface area contributed by atoms with Crippen molar-refractivity contribution in [2.75, 3.05) is 24.2 Å². The predicted molar refractivity (Wildman–Crippen MR) is 130 cm³/mol. The van der Waals surface area contributed by atoms with E-state index >= 15 is 0 Å². The van der Waals surface area contributed by atoms with Crippen LogP contribution >= 0.6 is 24.4 Å². The number of rotatable bonds is 6. The van der Waals surface area contributed by atoms with Crippen molar-refractivity contribution in [2.45, 2.75) is 6.04 Å². The van der Waals surface area contributed by atoms with Crippen LogP contribution in [0.2, 0.25) is 0 Å². The maximum Gasteiger partial charge on any atom is 0.173 e. The smallest absolute Gasteiger partial charge is 0.173 e. The lowest BCUT2D eigenvalue weighted by atomic mass is 10.1. The van der Waals surface area contributed by atoms with E-state index in [1.54, 1.807) is 0 Å². The number of nitrogens with zero attached hydrogens (tertiary/aromatic N) is 1. The molecule has 1 atom stereocenters. The van der Waals surface area contributed by atoms with Crippen LogP contribution < -0.4 is 16.0 Å². The minimum Gasteiger partial charge on any atom is -0.360 e. The number of nitrogens with one attached hydrogen (secondary N) is 3. The Hall–Kier alpha value is -2.96. The highest BCUT2D eigenvalue weighted by Gasteiger charge is 2.20. The molecule has 148 valence electrons. The molecule has 0 heterocycles. The Balaban J connectivity index is 1.67. The zero-order valence-corrected chi connectivity index (χ0v) is 17.8. The Bertz CT molecular complexity index is 917. The largest absolute Gasteiger partial charge is 0.360 e. The third-order valence-electron chi connectivity index (χ3n) is 4.48. The fraction of sp³-hybridized carbons (Fsp3) is 0.130. The molecule has 0 saturated carbocycles. The Morgan fingerprint density at radius 3 is 1.79 bits per heavy atom. The number of hydrogen-bond donors (Lipinski definition) is 3. The average Bonchev–Trinajstić information content (AvgIpc) is 2.76. The quantitative estimate of drug-likeness (QED) is 0.485. The van der Waals surface area contributed by atoms with Gasteiger partial charge in [-0.05, 0) is 54.3 Å². The van der Waals surface area contributed by atoms with Crippen LogP contribution in [-0.4, -0.2) is 28.7 Å². The number of benzene rings is 3. The van der Waals surface area contributed by atoms with E-state index in [1.807, 2.05) is 85.9 Å². The van der Waals surface area contributed by atoms with Gasteiger partial charge in [0.15, 0.2) is 10.2 Å². The van der Waals surface area contributed by atoms with Crippen molar-refractivity contribution < 1.29 is 0 Å². The summed E-state index contributed by atoms with van der Waals surface area (Å²) >= 11 is 11.1. The summed E-state index contributed by atoms with van der Waals surface area (Å²) < 4.78 is 0. The van der Waals surface area contributed by atoms with Crippen LogP contribution in [0.5, 0.6) is 0 Å². The fourth-order valence-corrected chi connectivity index (χ4v) is 3.36. The van der Waals surface area contributed by atoms with Gasteiger partial charge < -0.3 is 20.9 Å². The van der Waals surface area contributed by atoms with Gasteiger partial charge >= 0.3 is 0 Å². The van der Waals surface area contributed by atoms with Crippen LogP contribution in [0.25, 0.3) is 0 Å². The van der Waals surface area contributed by atoms with Crippen molar-refractivity contribution in [3.8, 4) is 0 Å². The van der Waals surface area contributed by atoms with Gasteiger partial charge in [0.2, 0.25) is 0 Å². The van der Waals surface area contributed by atoms with E-state index in [4.69, 9.17) is 24.4 Å². The third kappa shape index (κ3) is 6.27. The first-order valence-corrected chi connectivity index (χ1v) is 10.2. The number of likely N-dealkylation sites (N-methyl/N-ethyl adjacent to an activating group) is 1. The normalized spacial score (nSPS) is 11.2. The molecule has 0 aliphatic carbocycles. The zero-order valence-electron chi connectivity index (χ0n) is 16.2. The van der Waals surface area contributed by atoms with E-state index in [0.29, 0.717) is 16.8 Å². The van der Waals surface area contributed by atoms with Crippen LogP contribution in [-0.2, 0) is 0 Å². The lowest BCUT2D eigenvalue weighted by molar-refractivity contribution is 0.377. The molecule has 0 bridgehead atoms. The molecule has 3 rings (SSSR count). The summed E-state index contributed by atoms with van der Waals surface area (Å²) in [6.07, 6.45) is 0. The van der Waals surface area contributed by atoms with E-state index in [-0.39, 0.29) is 6.04 Å². The van der Waals surface area contributed by atoms with Gasteiger partial charge in [-0.3, -0.25) is 0 Å². The van der Waals surface area contributed by atoms with E-state index < -0.39 is 0 Å². The zero-order chi connectivity index (χ0) is 20.5. The van der Waals surface area contributed by atoms with Gasteiger partial charge in [0.25, 0.3) is 0 Å². The molecule has 0 fully saturated rings. The molecule has 3 aromatic rings. The van der Waals surface area contributed by atoms with Gasteiger partial charge in [0.1, 0.15) is 0 Å². The van der Waals surface area contributed by atoms with Gasteiger partial charge in [-0.25, -0.2) is 0 Å². The summed E-state index contributed by atoms with van der Waals surface area (Å²) in [5, 5.41) is 11.1. The summed E-state index contributed by atoms with van der Waals surface area (Å²) in [7, 11) is 1.99. The SMILES string of the molecule is CN(C(=S)Nc1ccccc1)[C@H](CNC(=S)Nc1ccccc1)c1ccccc1. The Labute approximate surface area is 182 Å². The van der Waals surface area contributed by atoms with Crippen LogP contribution in [0, 0.1) is 0 Å². The van der Waals surface area contributed by atoms with Crippen molar-refractivity contribution in [1.82, 2.24) is 10.2 Å². The molecule has 0 saturated heterocycles. The Morgan fingerprint density at radius 2 is 1.24 bits per heavy atom. The highest BCUT2D eigenvalue weighted by Crippen LogP contribution is 2.20. The van der Waals surface area contributed by atoms with Crippen LogP contribution in [0.1, 0.15) is 11.6 Å². The van der Waals surface area contributed by atoms with Crippen LogP contribution in [0.15, 0.2) is 91.0 Å². The Morgan fingerprint density at radius 1 is 0.759 bits per heavy atom. The Kier molecular flexibility index (Phi) is 7.55. The molecule has 3 aromatic carbocycles. The van der Waals surface area contributed by atoms with Crippen molar-refractivity contribution in [1.29, 1.82) is 0 Å². The molecule has 0 amide bonds. The first kappa shape index (κ1) is 20.8. The fourth-order valence-electron chi connectivity index (χ4n) is 2.91. The van der Waals surface area contributed by atoms with Gasteiger partial charge in [-0.2, -0.15) is 0 Å². The molecule has 3 N–H and O–H groups in total. The van der Waals surface area contributed by atoms with Gasteiger partial charge in [-0.15, -0.1) is 0 Å². The monoisotopic (exact) mass is 420 g/mol. The van der Waals surface area contributed by atoms with Crippen molar-refractivity contribution in [3.63, 3.8) is 0 Å². The lowest BCUT2D eigenvalue weighted by Crippen LogP contribution is -2.42. The second-order valence-corrected chi connectivity index (χ2v) is 7.33. The van der Waals surface area contributed by atoms with Crippen molar-refractivity contribution in [2.24, 2.45) is 0 Å². The van der Waals surface area contributed by atoms with Gasteiger partial charge in [-0.1, -0.05) is 66.7 Å². The molecular formula is C23H24N4S2. The van der Waals surface area contributed by atoms with Gasteiger partial charge in [0.05, 0.1) is 6.04 Å². The molecule has 0 radical (unpaired) electrons. The summed E-state index contributed by atoms with van der Waals surface area (Å²) in [6, 6.07) is 30.1. The van der Waals surface area contributed by atoms with Gasteiger partial charge in [0, 0.05) is 25.0 Å². The molecule has 0 unspecified atom stereocenters. The molecular weight excluding hydrogens is 396 g/mol. The van der Waals surface area contributed by atoms with Crippen molar-refractivity contribution >= 4 is 46.0 Å². The maximum atomic E-state index is 5.66. The molecule has 4 nitrogen and oxygen atoms in total. The summed E-state index contributed by atoms with van der Waals surface area (Å²) in [4.78, 5) is 2.05. The maximum absolute atomic E-state index is 5.66. The second kappa shape index (κ2) is 10.5. The van der Waals surface area contributed by atoms with E-state index in [0.717, 1.165) is 16.9 Å². The van der Waals surface area contributed by atoms with E-state index in [9.17, 15) is 0 Å². The summed E-state index contributed by atoms with van der Waals surface area (Å²) in [5.74, 6) is 0. The van der Waals surface area contributed by atoms with E-state index in [1.165, 1.54) is 0 Å². The third-order valence-corrected chi connectivity index (χ3v) is 5.12. The minimum absolute atomic E-state index is 0.00966. The number of thiocarbonyl (C=S) groups is 2. The number of para-hydroxylation sites is 2. The average molecular weight is 421 g/mol. The standard InChI is InChI=1S/C23H24N4S2/c1-27(23(29)26-20-15-9-4-10-16-20)21(18-11-5-2-6-12-18)17-24-22(28)25-19-13-7-3-8-14-19/h2-16,21H,17H2,1H3,(H,26,29)(H2,24,25,28)/t21-/m1/s1. The summed E-state index contributed by atoms with van der Waals surface area (Å²) in [5.41, 5.74) is 3.07. The summed E-state index contributed by atoms with van der Waals surface area (Å²) in [6.45, 7) is 0.607. The molecule has 0 spiro atoms. The molecule has 0 aromatic heterocycles. The molecule has 6 heteroatoms. The number of anilines is 2.